The van der Waals surface area contributed by atoms with Gasteiger partial charge in [0.2, 0.25) is 0 Å². The molecule has 1 N–H and O–H groups in total. The topological polar surface area (TPSA) is 64.3 Å². The van der Waals surface area contributed by atoms with Crippen LogP contribution in [-0.4, -0.2) is 10.9 Å². The van der Waals surface area contributed by atoms with E-state index in [0.29, 0.717) is 22.3 Å². The number of rotatable bonds is 4. The summed E-state index contributed by atoms with van der Waals surface area (Å²) in [5, 5.41) is 23.6. The van der Waals surface area contributed by atoms with Crippen molar-refractivity contribution in [3.8, 4) is 6.07 Å². The van der Waals surface area contributed by atoms with Crippen molar-refractivity contribution >= 4 is 50.3 Å². The molecular weight excluding hydrogens is 464 g/mol. The van der Waals surface area contributed by atoms with Gasteiger partial charge in [0, 0.05) is 21.7 Å². The molecule has 1 aliphatic carbocycles. The molecule has 0 fully saturated rings. The molecule has 1 aromatic heterocycles. The third kappa shape index (κ3) is 3.70. The summed E-state index contributed by atoms with van der Waals surface area (Å²) in [4.78, 5) is 16.1. The predicted octanol–water partition coefficient (Wildman–Crippen LogP) is 7.56. The number of anilines is 3. The van der Waals surface area contributed by atoms with Crippen molar-refractivity contribution < 1.29 is 9.90 Å². The molecule has 5 aromatic rings. The van der Waals surface area contributed by atoms with E-state index in [0.717, 1.165) is 32.0 Å². The average molecular weight is 485 g/mol. The Bertz CT molecular complexity index is 1700. The average Bonchev–Trinajstić information content (AvgIpc) is 3.47. The number of fused-ring (bicyclic) bond motifs is 2. The van der Waals surface area contributed by atoms with Crippen molar-refractivity contribution in [3.63, 3.8) is 0 Å². The number of nitrogens with zero attached hydrogens (tertiary/aromatic N) is 2. The second kappa shape index (κ2) is 8.94. The number of carbonyl (C=O) groups is 1. The molecule has 4 nitrogen and oxygen atoms in total. The number of ketones is 1. The first-order valence-corrected chi connectivity index (χ1v) is 12.4. The predicted molar refractivity (Wildman–Crippen MR) is 145 cm³/mol. The molecule has 1 atom stereocenters. The maximum absolute atomic E-state index is 13.3. The van der Waals surface area contributed by atoms with Gasteiger partial charge in [-0.25, -0.2) is 0 Å². The van der Waals surface area contributed by atoms with Gasteiger partial charge < -0.3 is 10.0 Å². The van der Waals surface area contributed by atoms with Crippen LogP contribution in [0.5, 0.6) is 0 Å². The lowest BCUT2D eigenvalue weighted by molar-refractivity contribution is 0.102. The number of nitriles is 1. The number of hydrogen-bond donors (Lipinski definition) is 1. The van der Waals surface area contributed by atoms with Gasteiger partial charge in [0.15, 0.2) is 5.78 Å². The lowest BCUT2D eigenvalue weighted by atomic mass is 10.0. The third-order valence-electron chi connectivity index (χ3n) is 6.42. The molecule has 0 saturated carbocycles. The molecule has 6 rings (SSSR count). The lowest BCUT2D eigenvalue weighted by Gasteiger charge is -2.24. The number of aliphatic hydroxyl groups excluding tert-OH is 1. The number of hydrogen-bond acceptors (Lipinski definition) is 5. The van der Waals surface area contributed by atoms with Gasteiger partial charge in [-0.05, 0) is 70.9 Å². The van der Waals surface area contributed by atoms with Crippen molar-refractivity contribution in [2.75, 3.05) is 4.90 Å². The largest absolute Gasteiger partial charge is 0.383 e. The Morgan fingerprint density at radius 1 is 0.861 bits per heavy atom. The van der Waals surface area contributed by atoms with E-state index in [1.54, 1.807) is 12.1 Å². The minimum absolute atomic E-state index is 0.145. The second-order valence-corrected chi connectivity index (χ2v) is 9.69. The molecule has 0 spiro atoms. The number of thiophene rings is 1. The Kier molecular flexibility index (Phi) is 5.46. The van der Waals surface area contributed by atoms with Crippen molar-refractivity contribution in [2.45, 2.75) is 6.10 Å². The smallest absolute Gasteiger partial charge is 0.192 e. The molecule has 0 amide bonds. The summed E-state index contributed by atoms with van der Waals surface area (Å²) in [5.41, 5.74) is 3.85. The van der Waals surface area contributed by atoms with Gasteiger partial charge in [0.05, 0.1) is 11.3 Å². The fourth-order valence-electron chi connectivity index (χ4n) is 4.69. The van der Waals surface area contributed by atoms with Crippen molar-refractivity contribution in [1.82, 2.24) is 0 Å². The van der Waals surface area contributed by atoms with Crippen LogP contribution in [0.3, 0.4) is 0 Å². The summed E-state index contributed by atoms with van der Waals surface area (Å²) in [6.07, 6.45) is 0.817. The number of Topliss-reactive ketones (excluding diaryl/α,β-unsaturated/α-hetero) is 1. The van der Waals surface area contributed by atoms with Crippen molar-refractivity contribution in [2.24, 2.45) is 0 Å². The zero-order valence-corrected chi connectivity index (χ0v) is 19.9. The van der Waals surface area contributed by atoms with Crippen LogP contribution in [0.2, 0.25) is 0 Å². The number of benzene rings is 4. The molecule has 0 radical (unpaired) electrons. The Morgan fingerprint density at radius 3 is 2.33 bits per heavy atom. The first-order chi connectivity index (χ1) is 17.6. The quantitative estimate of drug-likeness (QED) is 0.267. The van der Waals surface area contributed by atoms with Crippen LogP contribution in [0, 0.1) is 11.3 Å². The van der Waals surface area contributed by atoms with Crippen molar-refractivity contribution in [1.29, 1.82) is 5.26 Å². The fraction of sp³-hybridized carbons (Fsp3) is 0.0323. The Morgan fingerprint density at radius 2 is 1.56 bits per heavy atom. The van der Waals surface area contributed by atoms with Crippen LogP contribution in [0.25, 0.3) is 16.8 Å². The molecule has 36 heavy (non-hydrogen) atoms. The molecule has 0 bridgehead atoms. The molecule has 5 heteroatoms. The lowest BCUT2D eigenvalue weighted by Crippen LogP contribution is -2.09. The Balaban J connectivity index is 1.41. The van der Waals surface area contributed by atoms with Crippen LogP contribution < -0.4 is 4.90 Å². The van der Waals surface area contributed by atoms with E-state index in [1.165, 1.54) is 11.3 Å². The van der Waals surface area contributed by atoms with Crippen LogP contribution in [0.15, 0.2) is 109 Å². The maximum Gasteiger partial charge on any atom is 0.192 e. The van der Waals surface area contributed by atoms with E-state index >= 15 is 0 Å². The summed E-state index contributed by atoms with van der Waals surface area (Å²) in [6, 6.07) is 35.2. The Labute approximate surface area is 212 Å². The number of aliphatic hydroxyl groups is 1. The van der Waals surface area contributed by atoms with Gasteiger partial charge in [-0.15, -0.1) is 11.3 Å². The van der Waals surface area contributed by atoms with Gasteiger partial charge in [0.25, 0.3) is 0 Å². The van der Waals surface area contributed by atoms with Crippen LogP contribution in [0.4, 0.5) is 16.4 Å². The summed E-state index contributed by atoms with van der Waals surface area (Å²) in [5.74, 6) is -0.145. The summed E-state index contributed by atoms with van der Waals surface area (Å²) in [7, 11) is 0. The first-order valence-electron chi connectivity index (χ1n) is 11.6. The molecule has 0 saturated heterocycles. The second-order valence-electron chi connectivity index (χ2n) is 8.59. The van der Waals surface area contributed by atoms with E-state index in [1.807, 2.05) is 102 Å². The van der Waals surface area contributed by atoms with E-state index < -0.39 is 6.10 Å². The number of carbonyl (C=O) groups excluding carboxylic acids is 1. The normalized spacial score (nSPS) is 15.7. The van der Waals surface area contributed by atoms with Gasteiger partial charge in [-0.3, -0.25) is 4.79 Å². The van der Waals surface area contributed by atoms with E-state index in [-0.39, 0.29) is 5.78 Å². The summed E-state index contributed by atoms with van der Waals surface area (Å²) < 4.78 is 0. The minimum Gasteiger partial charge on any atom is -0.383 e. The van der Waals surface area contributed by atoms with E-state index in [4.69, 9.17) is 0 Å². The Hall–Kier alpha value is -4.50. The highest BCUT2D eigenvalue weighted by Crippen LogP contribution is 2.43. The van der Waals surface area contributed by atoms with Crippen LogP contribution >= 0.6 is 11.3 Å². The van der Waals surface area contributed by atoms with E-state index in [2.05, 4.69) is 6.07 Å². The zero-order chi connectivity index (χ0) is 24.6. The van der Waals surface area contributed by atoms with E-state index in [9.17, 15) is 15.2 Å². The highest BCUT2D eigenvalue weighted by atomic mass is 32.1. The molecule has 4 aromatic carbocycles. The van der Waals surface area contributed by atoms with Gasteiger partial charge in [-0.2, -0.15) is 5.26 Å². The standard InChI is InChI=1S/C31H20N2O2S/c32-19-22-10-6-7-13-28(22)33(23-11-2-1-3-12-23)29-15-14-24(36-29)18-27-30(34)25-16-20-8-4-5-9-21(20)17-26(25)31(27)35/h1-18,30,34H/b27-18+. The molecule has 0 aliphatic heterocycles. The van der Waals surface area contributed by atoms with Gasteiger partial charge in [-0.1, -0.05) is 54.6 Å². The molecule has 1 unspecified atom stereocenters. The monoisotopic (exact) mass is 484 g/mol. The zero-order valence-electron chi connectivity index (χ0n) is 19.1. The fourth-order valence-corrected chi connectivity index (χ4v) is 5.69. The highest BCUT2D eigenvalue weighted by molar-refractivity contribution is 7.17. The SMILES string of the molecule is N#Cc1ccccc1N(c1ccccc1)c1ccc(/C=C2/C(=O)c3cc4ccccc4cc3C2O)s1. The molecule has 1 heterocycles. The molecule has 1 aliphatic rings. The van der Waals surface area contributed by atoms with Crippen molar-refractivity contribution in [3.05, 3.63) is 130 Å². The maximum atomic E-state index is 13.3. The van der Waals surface area contributed by atoms with Gasteiger partial charge in [0.1, 0.15) is 17.2 Å². The van der Waals surface area contributed by atoms with Gasteiger partial charge >= 0.3 is 0 Å². The van der Waals surface area contributed by atoms with Crippen LogP contribution in [-0.2, 0) is 0 Å². The third-order valence-corrected chi connectivity index (χ3v) is 7.44. The summed E-state index contributed by atoms with van der Waals surface area (Å²) in [6.45, 7) is 0. The number of para-hydroxylation sites is 2. The first kappa shape index (κ1) is 22.0. The molecule has 172 valence electrons. The van der Waals surface area contributed by atoms with Crippen LogP contribution in [0.1, 0.15) is 32.5 Å². The molecular formula is C31H20N2O2S. The minimum atomic E-state index is -0.966. The summed E-state index contributed by atoms with van der Waals surface area (Å²) >= 11 is 1.50. The highest BCUT2D eigenvalue weighted by Gasteiger charge is 2.33.